The van der Waals surface area contributed by atoms with Crippen LogP contribution >= 0.6 is 0 Å². The minimum atomic E-state index is -0.628. The van der Waals surface area contributed by atoms with Gasteiger partial charge in [-0.1, -0.05) is 6.07 Å². The van der Waals surface area contributed by atoms with Crippen LogP contribution in [0.15, 0.2) is 18.2 Å². The van der Waals surface area contributed by atoms with Gasteiger partial charge in [0.2, 0.25) is 0 Å². The molecule has 0 spiro atoms. The van der Waals surface area contributed by atoms with Crippen LogP contribution in [0.1, 0.15) is 55.8 Å². The molecule has 0 unspecified atom stereocenters. The molecule has 1 N–H and O–H groups in total. The molecule has 4 fully saturated rings. The normalized spacial score (nSPS) is 30.5. The second-order valence-electron chi connectivity index (χ2n) is 9.18. The fraction of sp³-hybridized carbons (Fsp3) is 0.652. The molecule has 1 aromatic rings. The van der Waals surface area contributed by atoms with Crippen LogP contribution in [0.2, 0.25) is 0 Å². The zero-order chi connectivity index (χ0) is 20.6. The van der Waals surface area contributed by atoms with Gasteiger partial charge in [0.15, 0.2) is 6.61 Å². The van der Waals surface area contributed by atoms with Crippen LogP contribution in [0.5, 0.6) is 11.5 Å². The van der Waals surface area contributed by atoms with E-state index in [4.69, 9.17) is 14.2 Å². The zero-order valence-electron chi connectivity index (χ0n) is 17.5. The number of amides is 1. The molecule has 4 bridgehead atoms. The molecule has 0 heterocycles. The van der Waals surface area contributed by atoms with E-state index in [1.165, 1.54) is 52.7 Å². The number of methoxy groups -OCH3 is 2. The highest BCUT2D eigenvalue weighted by Gasteiger charge is 2.53. The van der Waals surface area contributed by atoms with Gasteiger partial charge in [-0.25, -0.2) is 4.79 Å². The van der Waals surface area contributed by atoms with E-state index in [-0.39, 0.29) is 29.5 Å². The smallest absolute Gasteiger partial charge is 0.346 e. The van der Waals surface area contributed by atoms with E-state index in [2.05, 4.69) is 12.2 Å². The summed E-state index contributed by atoms with van der Waals surface area (Å²) in [5.41, 5.74) is 0.416. The van der Waals surface area contributed by atoms with E-state index in [9.17, 15) is 9.59 Å². The third-order valence-corrected chi connectivity index (χ3v) is 7.35. The maximum Gasteiger partial charge on any atom is 0.346 e. The average molecular weight is 402 g/mol. The molecule has 1 aromatic carbocycles. The minimum absolute atomic E-state index is 0.0999. The SMILES string of the molecule is COc1cccc(OC)c1C(=O)OCC(=O)N[C@@H](C)C12CC3CC(CC(C3)C1)C2. The van der Waals surface area contributed by atoms with Crippen molar-refractivity contribution in [3.8, 4) is 11.5 Å². The molecule has 158 valence electrons. The van der Waals surface area contributed by atoms with Crippen molar-refractivity contribution in [3.63, 3.8) is 0 Å². The number of carbonyl (C=O) groups is 2. The van der Waals surface area contributed by atoms with Crippen LogP contribution in [0.3, 0.4) is 0 Å². The summed E-state index contributed by atoms with van der Waals surface area (Å²) >= 11 is 0. The van der Waals surface area contributed by atoms with E-state index < -0.39 is 5.97 Å². The second kappa shape index (κ2) is 7.88. The van der Waals surface area contributed by atoms with Gasteiger partial charge in [0.05, 0.1) is 14.2 Å². The topological polar surface area (TPSA) is 73.9 Å². The Hall–Kier alpha value is -2.24. The lowest BCUT2D eigenvalue weighted by molar-refractivity contribution is -0.128. The predicted octanol–water partition coefficient (Wildman–Crippen LogP) is 3.58. The van der Waals surface area contributed by atoms with Crippen LogP contribution < -0.4 is 14.8 Å². The summed E-state index contributed by atoms with van der Waals surface area (Å²) in [7, 11) is 2.96. The second-order valence-corrected chi connectivity index (χ2v) is 9.18. The number of hydrogen-bond acceptors (Lipinski definition) is 5. The molecular formula is C23H31NO5. The molecule has 4 aliphatic rings. The molecule has 0 radical (unpaired) electrons. The molecule has 5 rings (SSSR count). The summed E-state index contributed by atoms with van der Waals surface area (Å²) in [5.74, 6) is 2.32. The Bertz CT molecular complexity index is 732. The molecular weight excluding hydrogens is 370 g/mol. The number of esters is 1. The minimum Gasteiger partial charge on any atom is -0.496 e. The standard InChI is InChI=1S/C23H31NO5/c1-14(23-10-15-7-16(11-23)9-17(8-15)12-23)24-20(25)13-29-22(26)21-18(27-2)5-4-6-19(21)28-3/h4-6,14-17H,7-13H2,1-3H3,(H,24,25)/t14-,15?,16?,17?,23?/m0/s1. The average Bonchev–Trinajstić information content (AvgIpc) is 2.70. The van der Waals surface area contributed by atoms with Crippen molar-refractivity contribution in [2.75, 3.05) is 20.8 Å². The van der Waals surface area contributed by atoms with Gasteiger partial charge in [0.25, 0.3) is 5.91 Å². The summed E-state index contributed by atoms with van der Waals surface area (Å²) < 4.78 is 15.8. The van der Waals surface area contributed by atoms with Gasteiger partial charge in [-0.3, -0.25) is 4.79 Å². The molecule has 29 heavy (non-hydrogen) atoms. The van der Waals surface area contributed by atoms with Gasteiger partial charge in [-0.15, -0.1) is 0 Å². The first-order chi connectivity index (χ1) is 13.9. The first kappa shape index (κ1) is 20.0. The lowest BCUT2D eigenvalue weighted by Gasteiger charge is -2.59. The number of carbonyl (C=O) groups excluding carboxylic acids is 2. The van der Waals surface area contributed by atoms with Gasteiger partial charge < -0.3 is 19.5 Å². The Morgan fingerprint density at radius 2 is 1.55 bits per heavy atom. The Balaban J connectivity index is 1.36. The summed E-state index contributed by atoms with van der Waals surface area (Å²) in [6.45, 7) is 1.81. The van der Waals surface area contributed by atoms with Crippen LogP contribution in [0.4, 0.5) is 0 Å². The summed E-state index contributed by atoms with van der Waals surface area (Å²) in [4.78, 5) is 25.1. The maximum atomic E-state index is 12.6. The summed E-state index contributed by atoms with van der Waals surface area (Å²) in [6, 6.07) is 5.15. The van der Waals surface area contributed by atoms with Crippen LogP contribution in [-0.4, -0.2) is 38.7 Å². The summed E-state index contributed by atoms with van der Waals surface area (Å²) in [5, 5.41) is 3.12. The fourth-order valence-electron chi connectivity index (χ4n) is 6.40. The highest BCUT2D eigenvalue weighted by molar-refractivity contribution is 5.96. The third kappa shape index (κ3) is 3.81. The Morgan fingerprint density at radius 3 is 2.03 bits per heavy atom. The highest BCUT2D eigenvalue weighted by Crippen LogP contribution is 2.61. The molecule has 0 saturated heterocycles. The maximum absolute atomic E-state index is 12.6. The Kier molecular flexibility index (Phi) is 5.45. The summed E-state index contributed by atoms with van der Waals surface area (Å²) in [6.07, 6.45) is 7.78. The van der Waals surface area contributed by atoms with Crippen LogP contribution in [-0.2, 0) is 9.53 Å². The van der Waals surface area contributed by atoms with Crippen molar-refractivity contribution in [2.45, 2.75) is 51.5 Å². The van der Waals surface area contributed by atoms with E-state index in [0.29, 0.717) is 11.5 Å². The van der Waals surface area contributed by atoms with Gasteiger partial charge >= 0.3 is 5.97 Å². The van der Waals surface area contributed by atoms with Crippen LogP contribution in [0.25, 0.3) is 0 Å². The van der Waals surface area contributed by atoms with Gasteiger partial charge in [-0.05, 0) is 80.8 Å². The molecule has 0 aliphatic heterocycles. The number of rotatable bonds is 7. The van der Waals surface area contributed by atoms with Crippen LogP contribution in [0, 0.1) is 23.2 Å². The lowest BCUT2D eigenvalue weighted by Crippen LogP contribution is -2.56. The molecule has 0 aromatic heterocycles. The zero-order valence-corrected chi connectivity index (χ0v) is 17.5. The molecule has 6 nitrogen and oxygen atoms in total. The number of nitrogens with one attached hydrogen (secondary N) is 1. The molecule has 6 heteroatoms. The van der Waals surface area contributed by atoms with Gasteiger partial charge in [0, 0.05) is 6.04 Å². The number of ether oxygens (including phenoxy) is 3. The van der Waals surface area contributed by atoms with Crippen molar-refractivity contribution >= 4 is 11.9 Å². The predicted molar refractivity (Wildman–Crippen MR) is 108 cm³/mol. The monoisotopic (exact) mass is 401 g/mol. The van der Waals surface area contributed by atoms with Crippen molar-refractivity contribution in [2.24, 2.45) is 23.2 Å². The van der Waals surface area contributed by atoms with E-state index >= 15 is 0 Å². The Labute approximate surface area is 172 Å². The van der Waals surface area contributed by atoms with Crippen molar-refractivity contribution in [1.29, 1.82) is 0 Å². The molecule has 4 saturated carbocycles. The van der Waals surface area contributed by atoms with Crippen molar-refractivity contribution in [1.82, 2.24) is 5.32 Å². The first-order valence-corrected chi connectivity index (χ1v) is 10.6. The highest BCUT2D eigenvalue weighted by atomic mass is 16.5. The van der Waals surface area contributed by atoms with E-state index in [0.717, 1.165) is 17.8 Å². The Morgan fingerprint density at radius 1 is 1.03 bits per heavy atom. The van der Waals surface area contributed by atoms with E-state index in [1.54, 1.807) is 18.2 Å². The van der Waals surface area contributed by atoms with Gasteiger partial charge in [0.1, 0.15) is 17.1 Å². The van der Waals surface area contributed by atoms with E-state index in [1.807, 2.05) is 0 Å². The number of benzene rings is 1. The molecule has 1 amide bonds. The quantitative estimate of drug-likeness (QED) is 0.707. The molecule has 4 aliphatic carbocycles. The largest absolute Gasteiger partial charge is 0.496 e. The van der Waals surface area contributed by atoms with Crippen molar-refractivity contribution in [3.05, 3.63) is 23.8 Å². The fourth-order valence-corrected chi connectivity index (χ4v) is 6.40. The van der Waals surface area contributed by atoms with Crippen molar-refractivity contribution < 1.29 is 23.8 Å². The molecule has 1 atom stereocenters. The number of hydrogen-bond donors (Lipinski definition) is 1. The third-order valence-electron chi connectivity index (χ3n) is 7.35. The van der Waals surface area contributed by atoms with Gasteiger partial charge in [-0.2, -0.15) is 0 Å². The lowest BCUT2D eigenvalue weighted by atomic mass is 9.48. The first-order valence-electron chi connectivity index (χ1n) is 10.6.